The summed E-state index contributed by atoms with van der Waals surface area (Å²) in [6.07, 6.45) is 0. The van der Waals surface area contributed by atoms with Gasteiger partial charge in [0, 0.05) is 11.0 Å². The Hall–Kier alpha value is -3.20. The molecule has 0 heterocycles. The van der Waals surface area contributed by atoms with Crippen molar-refractivity contribution in [3.8, 4) is 11.5 Å². The van der Waals surface area contributed by atoms with E-state index in [1.54, 1.807) is 24.3 Å². The second-order valence-electron chi connectivity index (χ2n) is 6.94. The first-order valence-electron chi connectivity index (χ1n) is 10.4. The molecule has 0 bridgehead atoms. The van der Waals surface area contributed by atoms with Crippen molar-refractivity contribution in [2.45, 2.75) is 0 Å². The summed E-state index contributed by atoms with van der Waals surface area (Å²) in [5.74, 6) is 0.144. The first-order valence-corrected chi connectivity index (χ1v) is 10.4. The molecular formula is C32H30O2SiZr-4. The Bertz CT molecular complexity index is 1130. The van der Waals surface area contributed by atoms with Crippen molar-refractivity contribution < 1.29 is 36.4 Å². The van der Waals surface area contributed by atoms with Crippen LogP contribution < -0.4 is 10.2 Å². The Kier molecular flexibility index (Phi) is 19.5. The summed E-state index contributed by atoms with van der Waals surface area (Å²) in [6, 6.07) is 46.0. The van der Waals surface area contributed by atoms with Crippen LogP contribution >= 0.6 is 0 Å². The first kappa shape index (κ1) is 35.0. The fraction of sp³-hybridized carbons (Fsp3) is 0. The SMILES string of the molecule is [CH3-].[CH3-].[O-]c1ccccc1.[O-]c1ccccc1.[Si].[Zr+2].c1ccc2[cH-]ccc2c1.c1ccc2[cH-]ccc2c1. The van der Waals surface area contributed by atoms with Crippen molar-refractivity contribution in [1.82, 2.24) is 0 Å². The molecule has 36 heavy (non-hydrogen) atoms. The van der Waals surface area contributed by atoms with E-state index in [0.717, 1.165) is 0 Å². The molecule has 4 radical (unpaired) electrons. The van der Waals surface area contributed by atoms with Crippen molar-refractivity contribution in [1.29, 1.82) is 0 Å². The van der Waals surface area contributed by atoms with E-state index in [-0.39, 0.29) is 63.5 Å². The fourth-order valence-electron chi connectivity index (χ4n) is 2.98. The van der Waals surface area contributed by atoms with Gasteiger partial charge in [0.2, 0.25) is 0 Å². The van der Waals surface area contributed by atoms with Gasteiger partial charge in [-0.1, -0.05) is 72.8 Å². The van der Waals surface area contributed by atoms with Gasteiger partial charge in [-0.15, -0.1) is 70.8 Å². The molecule has 182 valence electrons. The van der Waals surface area contributed by atoms with E-state index in [1.807, 2.05) is 12.1 Å². The molecule has 0 saturated heterocycles. The molecule has 6 aromatic carbocycles. The van der Waals surface area contributed by atoms with Crippen LogP contribution in [0.3, 0.4) is 0 Å². The number of para-hydroxylation sites is 2. The number of fused-ring (bicyclic) bond motifs is 2. The standard InChI is InChI=1S/2C9H7.2C6H6O.2CH3.Si.Zr/c2*1-2-5-9-7-3-6-8(9)4-1;2*7-6-4-2-1-3-5-6;;;;/h2*1-7H;2*1-5,7H;2*1H3;;/q2*-1;;;2*-1;;+2/p-2. The quantitative estimate of drug-likeness (QED) is 0.145. The largest absolute Gasteiger partial charge is 2.00 e. The smallest absolute Gasteiger partial charge is 0.872 e. The van der Waals surface area contributed by atoms with E-state index in [9.17, 15) is 10.2 Å². The molecule has 4 heteroatoms. The van der Waals surface area contributed by atoms with Crippen molar-refractivity contribution in [3.05, 3.63) is 160 Å². The van der Waals surface area contributed by atoms with E-state index < -0.39 is 0 Å². The Morgan fingerprint density at radius 3 is 1.00 bits per heavy atom. The topological polar surface area (TPSA) is 46.1 Å². The molecule has 0 aliphatic heterocycles. The minimum Gasteiger partial charge on any atom is -0.872 e. The molecule has 0 fully saturated rings. The summed E-state index contributed by atoms with van der Waals surface area (Å²) >= 11 is 0. The Labute approximate surface area is 239 Å². The monoisotopic (exact) mass is 564 g/mol. The third-order valence-electron chi connectivity index (χ3n) is 4.58. The van der Waals surface area contributed by atoms with Crippen LogP contribution in [0.4, 0.5) is 0 Å². The predicted molar refractivity (Wildman–Crippen MR) is 149 cm³/mol. The van der Waals surface area contributed by atoms with E-state index in [4.69, 9.17) is 0 Å². The van der Waals surface area contributed by atoms with E-state index >= 15 is 0 Å². The van der Waals surface area contributed by atoms with Crippen molar-refractivity contribution in [3.63, 3.8) is 0 Å². The number of hydrogen-bond donors (Lipinski definition) is 0. The van der Waals surface area contributed by atoms with Gasteiger partial charge in [0.25, 0.3) is 0 Å². The summed E-state index contributed by atoms with van der Waals surface area (Å²) in [4.78, 5) is 0. The van der Waals surface area contributed by atoms with Gasteiger partial charge in [0.15, 0.2) is 0 Å². The van der Waals surface area contributed by atoms with Crippen LogP contribution in [0, 0.1) is 14.9 Å². The molecule has 0 aromatic heterocycles. The van der Waals surface area contributed by atoms with Crippen LogP contribution in [0.2, 0.25) is 0 Å². The maximum absolute atomic E-state index is 10.3. The molecule has 0 aliphatic carbocycles. The Morgan fingerprint density at radius 2 is 0.722 bits per heavy atom. The summed E-state index contributed by atoms with van der Waals surface area (Å²) < 4.78 is 0. The zero-order valence-corrected chi connectivity index (χ0v) is 24.1. The Balaban J connectivity index is 0. The number of benzene rings is 4. The van der Waals surface area contributed by atoms with Gasteiger partial charge >= 0.3 is 26.2 Å². The van der Waals surface area contributed by atoms with Crippen LogP contribution in [0.5, 0.6) is 11.5 Å². The van der Waals surface area contributed by atoms with E-state index in [0.29, 0.717) is 0 Å². The van der Waals surface area contributed by atoms with Crippen molar-refractivity contribution in [2.75, 3.05) is 0 Å². The van der Waals surface area contributed by atoms with Gasteiger partial charge in [-0.3, -0.25) is 0 Å². The zero-order chi connectivity index (χ0) is 22.4. The van der Waals surface area contributed by atoms with Crippen molar-refractivity contribution >= 4 is 32.5 Å². The van der Waals surface area contributed by atoms with Crippen LogP contribution in [0.1, 0.15) is 0 Å². The van der Waals surface area contributed by atoms with Crippen LogP contribution in [0.15, 0.2) is 146 Å². The van der Waals surface area contributed by atoms with Crippen LogP contribution in [-0.2, 0) is 26.2 Å². The Morgan fingerprint density at radius 1 is 0.417 bits per heavy atom. The normalized spacial score (nSPS) is 8.44. The maximum Gasteiger partial charge on any atom is 2.00 e. The van der Waals surface area contributed by atoms with Gasteiger partial charge in [0.1, 0.15) is 0 Å². The van der Waals surface area contributed by atoms with Crippen LogP contribution in [0.25, 0.3) is 21.5 Å². The molecule has 0 amide bonds. The van der Waals surface area contributed by atoms with Gasteiger partial charge in [0.05, 0.1) is 0 Å². The molecule has 0 spiro atoms. The third kappa shape index (κ3) is 12.5. The second kappa shape index (κ2) is 20.0. The molecule has 6 aromatic rings. The summed E-state index contributed by atoms with van der Waals surface area (Å²) in [5, 5.41) is 25.9. The molecule has 0 aliphatic rings. The summed E-state index contributed by atoms with van der Waals surface area (Å²) in [6.45, 7) is 0. The average Bonchev–Trinajstić information content (AvgIpc) is 3.51. The summed E-state index contributed by atoms with van der Waals surface area (Å²) in [5.41, 5.74) is 0. The van der Waals surface area contributed by atoms with Crippen molar-refractivity contribution in [2.24, 2.45) is 0 Å². The molecule has 0 atom stereocenters. The number of rotatable bonds is 0. The molecule has 0 unspecified atom stereocenters. The molecule has 6 rings (SSSR count). The first-order chi connectivity index (χ1) is 15.7. The van der Waals surface area contributed by atoms with Crippen LogP contribution in [-0.4, -0.2) is 11.0 Å². The summed E-state index contributed by atoms with van der Waals surface area (Å²) in [7, 11) is 0. The third-order valence-corrected chi connectivity index (χ3v) is 4.58. The van der Waals surface area contributed by atoms with Gasteiger partial charge in [-0.25, -0.2) is 0 Å². The fourth-order valence-corrected chi connectivity index (χ4v) is 2.98. The van der Waals surface area contributed by atoms with E-state index in [1.165, 1.54) is 45.8 Å². The number of hydrogen-bond acceptors (Lipinski definition) is 2. The molecule has 0 saturated carbocycles. The van der Waals surface area contributed by atoms with Gasteiger partial charge in [-0.05, 0) is 0 Å². The van der Waals surface area contributed by atoms with E-state index in [2.05, 4.69) is 84.9 Å². The van der Waals surface area contributed by atoms with Gasteiger partial charge in [-0.2, -0.15) is 35.0 Å². The second-order valence-corrected chi connectivity index (χ2v) is 6.94. The predicted octanol–water partition coefficient (Wildman–Crippen LogP) is 7.16. The molecule has 2 nitrogen and oxygen atoms in total. The molecular weight excluding hydrogens is 536 g/mol. The average molecular weight is 566 g/mol. The minimum atomic E-state index is 0. The molecule has 0 N–H and O–H groups in total. The van der Waals surface area contributed by atoms with Gasteiger partial charge < -0.3 is 25.1 Å². The minimum absolute atomic E-state index is 0. The maximum atomic E-state index is 10.3. The zero-order valence-electron chi connectivity index (χ0n) is 20.7.